The molecule has 0 spiro atoms. The predicted octanol–water partition coefficient (Wildman–Crippen LogP) is 5.14. The fourth-order valence-corrected chi connectivity index (χ4v) is 4.88. The number of methoxy groups -OCH3 is 2. The molecule has 1 aliphatic carbocycles. The molecule has 0 radical (unpaired) electrons. The van der Waals surface area contributed by atoms with Crippen LogP contribution in [0.5, 0.6) is 11.5 Å². The van der Waals surface area contributed by atoms with Crippen molar-refractivity contribution >= 4 is 23.4 Å². The van der Waals surface area contributed by atoms with Crippen molar-refractivity contribution in [1.29, 1.82) is 0 Å². The predicted molar refractivity (Wildman–Crippen MR) is 117 cm³/mol. The van der Waals surface area contributed by atoms with Gasteiger partial charge in [-0.05, 0) is 45.7 Å². The third kappa shape index (κ3) is 4.89. The van der Waals surface area contributed by atoms with Gasteiger partial charge in [0.2, 0.25) is 5.91 Å². The van der Waals surface area contributed by atoms with Gasteiger partial charge in [0.05, 0.1) is 30.9 Å². The molecule has 1 fully saturated rings. The lowest BCUT2D eigenvalue weighted by atomic mass is 9.95. The highest BCUT2D eigenvalue weighted by molar-refractivity contribution is 8.00. The summed E-state index contributed by atoms with van der Waals surface area (Å²) in [5.74, 6) is 1.18. The zero-order valence-corrected chi connectivity index (χ0v) is 18.8. The van der Waals surface area contributed by atoms with Crippen molar-refractivity contribution in [2.75, 3.05) is 19.5 Å². The smallest absolute Gasteiger partial charge is 0.237 e. The zero-order chi connectivity index (χ0) is 21.0. The number of anilines is 1. The maximum atomic E-state index is 12.9. The Morgan fingerprint density at radius 3 is 2.59 bits per heavy atom. The Kier molecular flexibility index (Phi) is 7.11. The molecule has 6 nitrogen and oxygen atoms in total. The summed E-state index contributed by atoms with van der Waals surface area (Å²) < 4.78 is 13.0. The molecule has 1 aromatic heterocycles. The maximum Gasteiger partial charge on any atom is 0.237 e. The van der Waals surface area contributed by atoms with E-state index in [0.29, 0.717) is 23.2 Å². The van der Waals surface area contributed by atoms with Crippen molar-refractivity contribution in [3.8, 4) is 11.5 Å². The molecule has 1 aliphatic rings. The number of amides is 1. The minimum absolute atomic E-state index is 0.0879. The first kappa shape index (κ1) is 21.6. The third-order valence-corrected chi connectivity index (χ3v) is 6.68. The molecule has 1 amide bonds. The van der Waals surface area contributed by atoms with Crippen LogP contribution < -0.4 is 14.8 Å². The van der Waals surface area contributed by atoms with E-state index in [1.165, 1.54) is 49.6 Å². The second kappa shape index (κ2) is 9.57. The number of imidazole rings is 1. The molecule has 1 atom stereocenters. The number of nitrogens with one attached hydrogen (secondary N) is 1. The Hall–Kier alpha value is -2.15. The number of thioether (sulfide) groups is 1. The summed E-state index contributed by atoms with van der Waals surface area (Å²) in [6, 6.07) is 5.85. The Labute approximate surface area is 177 Å². The molecule has 1 aromatic carbocycles. The molecule has 0 bridgehead atoms. The van der Waals surface area contributed by atoms with Crippen LogP contribution in [0.2, 0.25) is 0 Å². The first-order valence-electron chi connectivity index (χ1n) is 10.2. The number of nitrogens with zero attached hydrogens (tertiary/aromatic N) is 2. The third-order valence-electron chi connectivity index (χ3n) is 5.61. The number of aryl methyl sites for hydroxylation is 1. The van der Waals surface area contributed by atoms with Crippen molar-refractivity contribution in [3.63, 3.8) is 0 Å². The fourth-order valence-electron chi connectivity index (χ4n) is 3.81. The lowest BCUT2D eigenvalue weighted by molar-refractivity contribution is -0.115. The summed E-state index contributed by atoms with van der Waals surface area (Å²) in [6.07, 6.45) is 6.21. The van der Waals surface area contributed by atoms with E-state index in [0.717, 1.165) is 10.9 Å². The van der Waals surface area contributed by atoms with Gasteiger partial charge in [-0.1, -0.05) is 31.0 Å². The number of ether oxygens (including phenoxy) is 2. The molecule has 1 saturated carbocycles. The summed E-state index contributed by atoms with van der Waals surface area (Å²) in [5, 5.41) is 3.62. The van der Waals surface area contributed by atoms with Gasteiger partial charge in [0.1, 0.15) is 11.5 Å². The maximum absolute atomic E-state index is 12.9. The van der Waals surface area contributed by atoms with Crippen molar-refractivity contribution in [2.24, 2.45) is 0 Å². The summed E-state index contributed by atoms with van der Waals surface area (Å²) in [4.78, 5) is 17.7. The van der Waals surface area contributed by atoms with E-state index >= 15 is 0 Å². The Balaban J connectivity index is 1.76. The zero-order valence-electron chi connectivity index (χ0n) is 17.9. The molecule has 0 aliphatic heterocycles. The highest BCUT2D eigenvalue weighted by Crippen LogP contribution is 2.36. The van der Waals surface area contributed by atoms with Gasteiger partial charge in [-0.25, -0.2) is 4.98 Å². The van der Waals surface area contributed by atoms with Gasteiger partial charge >= 0.3 is 0 Å². The van der Waals surface area contributed by atoms with Gasteiger partial charge in [0.15, 0.2) is 5.16 Å². The van der Waals surface area contributed by atoms with Gasteiger partial charge in [-0.15, -0.1) is 0 Å². The molecular formula is C22H31N3O3S. The molecule has 0 saturated heterocycles. The monoisotopic (exact) mass is 417 g/mol. The van der Waals surface area contributed by atoms with Gasteiger partial charge in [-0.3, -0.25) is 4.79 Å². The largest absolute Gasteiger partial charge is 0.497 e. The Bertz CT molecular complexity index is 859. The van der Waals surface area contributed by atoms with E-state index in [4.69, 9.17) is 14.5 Å². The highest BCUT2D eigenvalue weighted by Gasteiger charge is 2.25. The van der Waals surface area contributed by atoms with E-state index in [1.54, 1.807) is 32.4 Å². The summed E-state index contributed by atoms with van der Waals surface area (Å²) in [5.41, 5.74) is 2.86. The first-order chi connectivity index (χ1) is 13.9. The van der Waals surface area contributed by atoms with Crippen LogP contribution in [0.15, 0.2) is 23.4 Å². The SMILES string of the molecule is COc1ccc(OC)c(NC(=O)C(C)Sc2nc(C)c(C)n2C2CCCCC2)c1. The first-order valence-corrected chi connectivity index (χ1v) is 11.1. The van der Waals surface area contributed by atoms with Crippen molar-refractivity contribution < 1.29 is 14.3 Å². The molecule has 3 rings (SSSR count). The number of benzene rings is 1. The van der Waals surface area contributed by atoms with Crippen LogP contribution in [0, 0.1) is 13.8 Å². The van der Waals surface area contributed by atoms with E-state index < -0.39 is 0 Å². The summed E-state index contributed by atoms with van der Waals surface area (Å²) in [6.45, 7) is 6.09. The number of carbonyl (C=O) groups excluding carboxylic acids is 1. The molecule has 158 valence electrons. The van der Waals surface area contributed by atoms with Crippen LogP contribution >= 0.6 is 11.8 Å². The van der Waals surface area contributed by atoms with Crippen molar-refractivity contribution in [1.82, 2.24) is 9.55 Å². The van der Waals surface area contributed by atoms with Crippen LogP contribution in [-0.4, -0.2) is 34.9 Å². The van der Waals surface area contributed by atoms with Crippen molar-refractivity contribution in [3.05, 3.63) is 29.6 Å². The lowest BCUT2D eigenvalue weighted by Crippen LogP contribution is -2.24. The second-order valence-electron chi connectivity index (χ2n) is 7.54. The number of aromatic nitrogens is 2. The van der Waals surface area contributed by atoms with E-state index in [-0.39, 0.29) is 11.2 Å². The standard InChI is InChI=1S/C22H31N3O3S/c1-14-15(2)25(17-9-7-6-8-10-17)22(23-14)29-16(3)21(26)24-19-13-18(27-4)11-12-20(19)28-5/h11-13,16-17H,6-10H2,1-5H3,(H,24,26). The molecule has 1 N–H and O–H groups in total. The Morgan fingerprint density at radius 2 is 1.93 bits per heavy atom. The summed E-state index contributed by atoms with van der Waals surface area (Å²) >= 11 is 1.52. The van der Waals surface area contributed by atoms with Crippen molar-refractivity contribution in [2.45, 2.75) is 69.3 Å². The molecule has 1 heterocycles. The number of rotatable bonds is 7. The molecular weight excluding hydrogens is 386 g/mol. The Morgan fingerprint density at radius 1 is 1.21 bits per heavy atom. The highest BCUT2D eigenvalue weighted by atomic mass is 32.2. The average molecular weight is 418 g/mol. The van der Waals surface area contributed by atoms with Crippen LogP contribution in [0.4, 0.5) is 5.69 Å². The normalized spacial score (nSPS) is 15.8. The van der Waals surface area contributed by atoms with Gasteiger partial charge in [-0.2, -0.15) is 0 Å². The van der Waals surface area contributed by atoms with E-state index in [9.17, 15) is 4.79 Å². The number of hydrogen-bond donors (Lipinski definition) is 1. The van der Waals surface area contributed by atoms with Gasteiger partial charge < -0.3 is 19.4 Å². The van der Waals surface area contributed by atoms with Gasteiger partial charge in [0.25, 0.3) is 0 Å². The number of carbonyl (C=O) groups is 1. The lowest BCUT2D eigenvalue weighted by Gasteiger charge is -2.26. The van der Waals surface area contributed by atoms with Crippen LogP contribution in [0.3, 0.4) is 0 Å². The molecule has 2 aromatic rings. The molecule has 29 heavy (non-hydrogen) atoms. The summed E-state index contributed by atoms with van der Waals surface area (Å²) in [7, 11) is 3.18. The topological polar surface area (TPSA) is 65.4 Å². The second-order valence-corrected chi connectivity index (χ2v) is 8.85. The molecule has 1 unspecified atom stereocenters. The minimum Gasteiger partial charge on any atom is -0.497 e. The average Bonchev–Trinajstić information content (AvgIpc) is 3.01. The van der Waals surface area contributed by atoms with E-state index in [2.05, 4.69) is 16.8 Å². The van der Waals surface area contributed by atoms with Crippen LogP contribution in [0.25, 0.3) is 0 Å². The van der Waals surface area contributed by atoms with E-state index in [1.807, 2.05) is 13.8 Å². The van der Waals surface area contributed by atoms with Crippen LogP contribution in [0.1, 0.15) is 56.5 Å². The minimum atomic E-state index is -0.297. The molecule has 7 heteroatoms. The number of hydrogen-bond acceptors (Lipinski definition) is 5. The fraction of sp³-hybridized carbons (Fsp3) is 0.545. The quantitative estimate of drug-likeness (QED) is 0.632. The van der Waals surface area contributed by atoms with Gasteiger partial charge in [0, 0.05) is 17.8 Å². The van der Waals surface area contributed by atoms with Crippen LogP contribution in [-0.2, 0) is 4.79 Å².